The van der Waals surface area contributed by atoms with E-state index in [1.807, 2.05) is 6.07 Å². The van der Waals surface area contributed by atoms with Gasteiger partial charge in [0.2, 0.25) is 0 Å². The maximum Gasteiger partial charge on any atom is 0.266 e. The van der Waals surface area contributed by atoms with Gasteiger partial charge in [-0.1, -0.05) is 30.3 Å². The summed E-state index contributed by atoms with van der Waals surface area (Å²) in [6.07, 6.45) is 1.64. The first-order valence-electron chi connectivity index (χ1n) is 10.6. The Balaban J connectivity index is 1.45. The van der Waals surface area contributed by atoms with Crippen LogP contribution in [0.1, 0.15) is 36.8 Å². The molecule has 0 spiro atoms. The number of imide groups is 1. The number of amides is 3. The molecule has 5 rings (SSSR count). The molecule has 7 nitrogen and oxygen atoms in total. The number of hydrogen-bond donors (Lipinski definition) is 1. The molecule has 1 aliphatic heterocycles. The summed E-state index contributed by atoms with van der Waals surface area (Å²) in [4.78, 5) is 45.8. The molecule has 2 heterocycles. The summed E-state index contributed by atoms with van der Waals surface area (Å²) in [5.74, 6) is -1.19. The highest BCUT2D eigenvalue weighted by atomic mass is 16.3. The number of anilines is 2. The van der Waals surface area contributed by atoms with E-state index in [4.69, 9.17) is 0 Å². The smallest absolute Gasteiger partial charge is 0.266 e. The number of fused-ring (bicyclic) bond motifs is 1. The van der Waals surface area contributed by atoms with Crippen molar-refractivity contribution >= 4 is 29.1 Å². The predicted molar refractivity (Wildman–Crippen MR) is 127 cm³/mol. The van der Waals surface area contributed by atoms with Crippen LogP contribution in [0.25, 0.3) is 0 Å². The largest absolute Gasteiger partial charge is 0.506 e. The lowest BCUT2D eigenvalue weighted by Gasteiger charge is -2.24. The standard InChI is InChI=1S/C27H19N3O4/c31-24-11-4-3-10-23(24)29(17-19-7-5-6-16-28-19)25(32)18-12-14-20(15-13-18)30-26(33)21-8-1-2-9-22(21)27(30)34/h1-16,31H,17H2. The average Bonchev–Trinajstić information content (AvgIpc) is 3.13. The van der Waals surface area contributed by atoms with E-state index in [-0.39, 0.29) is 18.2 Å². The molecule has 1 aliphatic rings. The van der Waals surface area contributed by atoms with Crippen molar-refractivity contribution in [2.45, 2.75) is 6.54 Å². The van der Waals surface area contributed by atoms with E-state index in [9.17, 15) is 19.5 Å². The summed E-state index contributed by atoms with van der Waals surface area (Å²) >= 11 is 0. The van der Waals surface area contributed by atoms with Gasteiger partial charge in [-0.2, -0.15) is 0 Å². The highest BCUT2D eigenvalue weighted by molar-refractivity contribution is 6.34. The number of phenolic OH excluding ortho intramolecular Hbond substituents is 1. The quantitative estimate of drug-likeness (QED) is 0.455. The second kappa shape index (κ2) is 8.63. The Hall–Kier alpha value is -4.78. The maximum atomic E-state index is 13.5. The Morgan fingerprint density at radius 1 is 0.794 bits per heavy atom. The molecule has 0 unspecified atom stereocenters. The monoisotopic (exact) mass is 449 g/mol. The molecule has 0 saturated heterocycles. The minimum atomic E-state index is -0.398. The van der Waals surface area contributed by atoms with Crippen molar-refractivity contribution in [1.82, 2.24) is 4.98 Å². The van der Waals surface area contributed by atoms with Gasteiger partial charge in [-0.3, -0.25) is 24.3 Å². The maximum absolute atomic E-state index is 13.5. The fraction of sp³-hybridized carbons (Fsp3) is 0.0370. The van der Waals surface area contributed by atoms with E-state index < -0.39 is 11.8 Å². The van der Waals surface area contributed by atoms with Crippen molar-refractivity contribution in [3.8, 4) is 5.75 Å². The Bertz CT molecular complexity index is 1370. The molecule has 166 valence electrons. The fourth-order valence-corrected chi connectivity index (χ4v) is 3.95. The summed E-state index contributed by atoms with van der Waals surface area (Å²) in [5.41, 5.74) is 2.42. The molecular formula is C27H19N3O4. The van der Waals surface area contributed by atoms with Crippen LogP contribution in [0.2, 0.25) is 0 Å². The first-order chi connectivity index (χ1) is 16.5. The highest BCUT2D eigenvalue weighted by Gasteiger charge is 2.36. The van der Waals surface area contributed by atoms with Gasteiger partial charge in [0.1, 0.15) is 5.75 Å². The number of pyridine rings is 1. The van der Waals surface area contributed by atoms with Crippen LogP contribution in [0, 0.1) is 0 Å². The van der Waals surface area contributed by atoms with Crippen LogP contribution in [-0.4, -0.2) is 27.8 Å². The molecule has 0 radical (unpaired) electrons. The minimum Gasteiger partial charge on any atom is -0.506 e. The van der Waals surface area contributed by atoms with Gasteiger partial charge >= 0.3 is 0 Å². The van der Waals surface area contributed by atoms with Gasteiger partial charge in [-0.25, -0.2) is 4.90 Å². The number of hydrogen-bond acceptors (Lipinski definition) is 5. The van der Waals surface area contributed by atoms with Crippen LogP contribution >= 0.6 is 0 Å². The molecule has 3 amide bonds. The molecule has 1 N–H and O–H groups in total. The third-order valence-electron chi connectivity index (χ3n) is 5.63. The van der Waals surface area contributed by atoms with Gasteiger partial charge in [-0.05, 0) is 60.7 Å². The first-order valence-corrected chi connectivity index (χ1v) is 10.6. The summed E-state index contributed by atoms with van der Waals surface area (Å²) in [6, 6.07) is 24.9. The second-order valence-electron chi connectivity index (χ2n) is 7.74. The number of carbonyl (C=O) groups is 3. The van der Waals surface area contributed by atoms with Crippen molar-refractivity contribution in [2.75, 3.05) is 9.80 Å². The molecule has 0 aliphatic carbocycles. The molecule has 4 aromatic rings. The molecular weight excluding hydrogens is 430 g/mol. The minimum absolute atomic E-state index is 0.0329. The average molecular weight is 449 g/mol. The lowest BCUT2D eigenvalue weighted by molar-refractivity contribution is 0.0924. The van der Waals surface area contributed by atoms with Gasteiger partial charge in [0.05, 0.1) is 34.7 Å². The molecule has 34 heavy (non-hydrogen) atoms. The van der Waals surface area contributed by atoms with E-state index in [0.29, 0.717) is 33.8 Å². The van der Waals surface area contributed by atoms with E-state index in [1.165, 1.54) is 11.0 Å². The molecule has 0 saturated carbocycles. The lowest BCUT2D eigenvalue weighted by Crippen LogP contribution is -2.31. The van der Waals surface area contributed by atoms with E-state index in [1.54, 1.807) is 85.1 Å². The summed E-state index contributed by atoms with van der Waals surface area (Å²) in [7, 11) is 0. The van der Waals surface area contributed by atoms with Crippen molar-refractivity contribution in [2.24, 2.45) is 0 Å². The van der Waals surface area contributed by atoms with Gasteiger partial charge < -0.3 is 5.11 Å². The predicted octanol–water partition coefficient (Wildman–Crippen LogP) is 4.43. The zero-order valence-corrected chi connectivity index (χ0v) is 18.0. The summed E-state index contributed by atoms with van der Waals surface area (Å²) in [5, 5.41) is 10.4. The number of aromatic nitrogens is 1. The zero-order chi connectivity index (χ0) is 23.7. The van der Waals surface area contributed by atoms with E-state index >= 15 is 0 Å². The fourth-order valence-electron chi connectivity index (χ4n) is 3.95. The normalized spacial score (nSPS) is 12.5. The van der Waals surface area contributed by atoms with Crippen LogP contribution in [0.15, 0.2) is 97.2 Å². The summed E-state index contributed by atoms with van der Waals surface area (Å²) in [6.45, 7) is 0.150. The Morgan fingerprint density at radius 3 is 2.03 bits per heavy atom. The topological polar surface area (TPSA) is 90.8 Å². The van der Waals surface area contributed by atoms with Crippen LogP contribution in [0.5, 0.6) is 5.75 Å². The Kier molecular flexibility index (Phi) is 5.35. The molecule has 0 bridgehead atoms. The van der Waals surface area contributed by atoms with Crippen LogP contribution < -0.4 is 9.80 Å². The number of aromatic hydroxyl groups is 1. The third-order valence-corrected chi connectivity index (χ3v) is 5.63. The number of benzene rings is 3. The summed E-state index contributed by atoms with van der Waals surface area (Å²) < 4.78 is 0. The molecule has 3 aromatic carbocycles. The SMILES string of the molecule is O=C(c1ccc(N2C(=O)c3ccccc3C2=O)cc1)N(Cc1ccccn1)c1ccccc1O. The molecule has 0 fully saturated rings. The van der Waals surface area contributed by atoms with Crippen molar-refractivity contribution < 1.29 is 19.5 Å². The lowest BCUT2D eigenvalue weighted by atomic mass is 10.1. The Morgan fingerprint density at radius 2 is 1.41 bits per heavy atom. The van der Waals surface area contributed by atoms with Crippen molar-refractivity contribution in [1.29, 1.82) is 0 Å². The van der Waals surface area contributed by atoms with Gasteiger partial charge in [0.25, 0.3) is 17.7 Å². The van der Waals surface area contributed by atoms with E-state index in [2.05, 4.69) is 4.98 Å². The van der Waals surface area contributed by atoms with Crippen molar-refractivity contribution in [3.05, 3.63) is 120 Å². The number of carbonyl (C=O) groups excluding carboxylic acids is 3. The van der Waals surface area contributed by atoms with Gasteiger partial charge in [0.15, 0.2) is 0 Å². The van der Waals surface area contributed by atoms with Crippen LogP contribution in [0.3, 0.4) is 0 Å². The van der Waals surface area contributed by atoms with Crippen molar-refractivity contribution in [3.63, 3.8) is 0 Å². The van der Waals surface area contributed by atoms with E-state index in [0.717, 1.165) is 4.90 Å². The third kappa shape index (κ3) is 3.69. The second-order valence-corrected chi connectivity index (χ2v) is 7.74. The molecule has 7 heteroatoms. The number of rotatable bonds is 5. The number of para-hydroxylation sites is 2. The van der Waals surface area contributed by atoms with Gasteiger partial charge in [-0.15, -0.1) is 0 Å². The highest BCUT2D eigenvalue weighted by Crippen LogP contribution is 2.31. The Labute approximate surface area is 195 Å². The number of nitrogens with zero attached hydrogens (tertiary/aromatic N) is 3. The first kappa shape index (κ1) is 21.1. The molecule has 1 aromatic heterocycles. The molecule has 0 atom stereocenters. The zero-order valence-electron chi connectivity index (χ0n) is 18.0. The van der Waals surface area contributed by atoms with Crippen LogP contribution in [-0.2, 0) is 6.54 Å². The van der Waals surface area contributed by atoms with Gasteiger partial charge in [0, 0.05) is 11.8 Å². The van der Waals surface area contributed by atoms with Crippen LogP contribution in [0.4, 0.5) is 11.4 Å². The number of phenols is 1.